The summed E-state index contributed by atoms with van der Waals surface area (Å²) in [7, 11) is 0. The topological polar surface area (TPSA) is 25.8 Å². The molecule has 0 saturated heterocycles. The lowest BCUT2D eigenvalue weighted by Gasteiger charge is -2.00. The van der Waals surface area contributed by atoms with E-state index in [0.717, 1.165) is 16.4 Å². The van der Waals surface area contributed by atoms with Crippen LogP contribution in [0.1, 0.15) is 11.3 Å². The zero-order valence-corrected chi connectivity index (χ0v) is 8.04. The van der Waals surface area contributed by atoms with Crippen LogP contribution in [-0.2, 0) is 5.88 Å². The van der Waals surface area contributed by atoms with Gasteiger partial charge in [0, 0.05) is 17.5 Å². The molecule has 0 radical (unpaired) electrons. The highest BCUT2D eigenvalue weighted by Crippen LogP contribution is 2.12. The Balaban J connectivity index is 2.99. The zero-order valence-electron chi connectivity index (χ0n) is 6.47. The van der Waals surface area contributed by atoms with Crippen molar-refractivity contribution in [3.8, 4) is 0 Å². The first-order valence-electron chi connectivity index (χ1n) is 3.20. The Hall–Kier alpha value is -0.280. The Morgan fingerprint density at radius 1 is 1.64 bits per heavy atom. The van der Waals surface area contributed by atoms with Crippen molar-refractivity contribution in [3.63, 3.8) is 0 Å². The van der Waals surface area contributed by atoms with Crippen LogP contribution in [0.4, 0.5) is 0 Å². The first-order chi connectivity index (χ1) is 5.27. The molecule has 0 atom stereocenters. The number of nitrogens with zero attached hydrogens (tertiary/aromatic N) is 2. The van der Waals surface area contributed by atoms with Crippen molar-refractivity contribution in [2.24, 2.45) is 0 Å². The van der Waals surface area contributed by atoms with Gasteiger partial charge in [0.25, 0.3) is 0 Å². The summed E-state index contributed by atoms with van der Waals surface area (Å²) in [5.41, 5.74) is 1.98. The van der Waals surface area contributed by atoms with E-state index in [-0.39, 0.29) is 0 Å². The lowest BCUT2D eigenvalue weighted by molar-refractivity contribution is 0.911. The molecule has 1 heterocycles. The Morgan fingerprint density at radius 3 is 2.82 bits per heavy atom. The average molecular weight is 189 g/mol. The molecule has 0 amide bonds. The van der Waals surface area contributed by atoms with Gasteiger partial charge in [-0.3, -0.25) is 0 Å². The van der Waals surface area contributed by atoms with E-state index in [4.69, 9.17) is 11.6 Å². The molecule has 1 rings (SSSR count). The minimum atomic E-state index is 0.487. The molecule has 0 aliphatic carbocycles. The normalized spacial score (nSPS) is 10.1. The molecular weight excluding hydrogens is 180 g/mol. The molecule has 0 unspecified atom stereocenters. The smallest absolute Gasteiger partial charge is 0.187 e. The van der Waals surface area contributed by atoms with Crippen molar-refractivity contribution in [2.75, 3.05) is 6.26 Å². The Bertz CT molecular complexity index is 252. The molecular formula is C7H9ClN2S. The fourth-order valence-corrected chi connectivity index (χ4v) is 1.35. The molecule has 11 heavy (non-hydrogen) atoms. The van der Waals surface area contributed by atoms with Crippen molar-refractivity contribution >= 4 is 23.4 Å². The number of alkyl halides is 1. The van der Waals surface area contributed by atoms with Crippen LogP contribution in [0.5, 0.6) is 0 Å². The summed E-state index contributed by atoms with van der Waals surface area (Å²) in [4.78, 5) is 8.33. The van der Waals surface area contributed by atoms with Gasteiger partial charge in [-0.05, 0) is 13.2 Å². The summed E-state index contributed by atoms with van der Waals surface area (Å²) in [6.07, 6.45) is 3.73. The number of halogens is 1. The van der Waals surface area contributed by atoms with E-state index in [9.17, 15) is 0 Å². The van der Waals surface area contributed by atoms with Crippen LogP contribution in [0.25, 0.3) is 0 Å². The predicted octanol–water partition coefficient (Wildman–Crippen LogP) is 2.25. The van der Waals surface area contributed by atoms with Crippen LogP contribution in [0.2, 0.25) is 0 Å². The maximum atomic E-state index is 5.64. The second kappa shape index (κ2) is 3.93. The third kappa shape index (κ3) is 2.07. The predicted molar refractivity (Wildman–Crippen MR) is 48.1 cm³/mol. The van der Waals surface area contributed by atoms with E-state index in [1.54, 1.807) is 6.20 Å². The number of aryl methyl sites for hydroxylation is 1. The molecule has 1 aromatic rings. The van der Waals surface area contributed by atoms with Gasteiger partial charge in [-0.2, -0.15) is 0 Å². The molecule has 0 N–H and O–H groups in total. The maximum Gasteiger partial charge on any atom is 0.187 e. The number of aromatic nitrogens is 2. The number of thioether (sulfide) groups is 1. The van der Waals surface area contributed by atoms with Gasteiger partial charge in [0.2, 0.25) is 0 Å². The second-order valence-electron chi connectivity index (χ2n) is 2.10. The maximum absolute atomic E-state index is 5.64. The van der Waals surface area contributed by atoms with E-state index in [1.807, 2.05) is 13.2 Å². The molecule has 2 nitrogen and oxygen atoms in total. The molecule has 0 aromatic carbocycles. The molecule has 1 aromatic heterocycles. The summed E-state index contributed by atoms with van der Waals surface area (Å²) in [5.74, 6) is 0.487. The SMILES string of the molecule is CSc1ncc(CCl)c(C)n1. The van der Waals surface area contributed by atoms with Gasteiger partial charge >= 0.3 is 0 Å². The number of hydrogen-bond donors (Lipinski definition) is 0. The minimum absolute atomic E-state index is 0.487. The monoisotopic (exact) mass is 188 g/mol. The lowest BCUT2D eigenvalue weighted by Crippen LogP contribution is -1.93. The molecule has 0 aliphatic rings. The second-order valence-corrected chi connectivity index (χ2v) is 3.14. The summed E-state index contributed by atoms with van der Waals surface area (Å²) in [6, 6.07) is 0. The summed E-state index contributed by atoms with van der Waals surface area (Å²) in [5, 5.41) is 0.802. The van der Waals surface area contributed by atoms with Crippen LogP contribution >= 0.6 is 23.4 Å². The van der Waals surface area contributed by atoms with Crippen molar-refractivity contribution in [1.82, 2.24) is 9.97 Å². The molecule has 0 aliphatic heterocycles. The highest BCUT2D eigenvalue weighted by atomic mass is 35.5. The number of hydrogen-bond acceptors (Lipinski definition) is 3. The largest absolute Gasteiger partial charge is 0.231 e. The Morgan fingerprint density at radius 2 is 2.36 bits per heavy atom. The summed E-state index contributed by atoms with van der Waals surface area (Å²) in [6.45, 7) is 1.94. The van der Waals surface area contributed by atoms with Crippen LogP contribution in [-0.4, -0.2) is 16.2 Å². The highest BCUT2D eigenvalue weighted by molar-refractivity contribution is 7.98. The van der Waals surface area contributed by atoms with Gasteiger partial charge in [0.05, 0.1) is 5.88 Å². The number of rotatable bonds is 2. The van der Waals surface area contributed by atoms with Crippen LogP contribution in [0.15, 0.2) is 11.4 Å². The third-order valence-electron chi connectivity index (χ3n) is 1.39. The van der Waals surface area contributed by atoms with Crippen LogP contribution in [0.3, 0.4) is 0 Å². The van der Waals surface area contributed by atoms with Crippen LogP contribution < -0.4 is 0 Å². The minimum Gasteiger partial charge on any atom is -0.231 e. The van der Waals surface area contributed by atoms with Crippen molar-refractivity contribution < 1.29 is 0 Å². The standard InChI is InChI=1S/C7H9ClN2S/c1-5-6(3-8)4-9-7(10-5)11-2/h4H,3H2,1-2H3. The summed E-state index contributed by atoms with van der Waals surface area (Å²) >= 11 is 7.18. The molecule has 0 bridgehead atoms. The van der Waals surface area contributed by atoms with Crippen LogP contribution in [0, 0.1) is 6.92 Å². The zero-order chi connectivity index (χ0) is 8.27. The molecule has 60 valence electrons. The molecule has 4 heteroatoms. The van der Waals surface area contributed by atoms with Crippen molar-refractivity contribution in [3.05, 3.63) is 17.5 Å². The lowest BCUT2D eigenvalue weighted by atomic mass is 10.3. The Kier molecular flexibility index (Phi) is 3.15. The van der Waals surface area contributed by atoms with E-state index < -0.39 is 0 Å². The fourth-order valence-electron chi connectivity index (χ4n) is 0.700. The highest BCUT2D eigenvalue weighted by Gasteiger charge is 1.99. The first kappa shape index (κ1) is 8.81. The molecule has 0 spiro atoms. The molecule has 0 saturated carbocycles. The van der Waals surface area contributed by atoms with Gasteiger partial charge in [-0.25, -0.2) is 9.97 Å². The first-order valence-corrected chi connectivity index (χ1v) is 4.96. The van der Waals surface area contributed by atoms with Crippen molar-refractivity contribution in [1.29, 1.82) is 0 Å². The quantitative estimate of drug-likeness (QED) is 0.405. The average Bonchev–Trinajstić information content (AvgIpc) is 2.04. The van der Waals surface area contributed by atoms with E-state index >= 15 is 0 Å². The van der Waals surface area contributed by atoms with E-state index in [1.165, 1.54) is 11.8 Å². The summed E-state index contributed by atoms with van der Waals surface area (Å²) < 4.78 is 0. The van der Waals surface area contributed by atoms with Gasteiger partial charge in [0.15, 0.2) is 5.16 Å². The third-order valence-corrected chi connectivity index (χ3v) is 2.24. The Labute approximate surface area is 75.4 Å². The van der Waals surface area contributed by atoms with E-state index in [2.05, 4.69) is 9.97 Å². The fraction of sp³-hybridized carbons (Fsp3) is 0.429. The van der Waals surface area contributed by atoms with Crippen molar-refractivity contribution in [2.45, 2.75) is 18.0 Å². The van der Waals surface area contributed by atoms with Gasteiger partial charge in [0.1, 0.15) is 0 Å². The molecule has 0 fully saturated rings. The van der Waals surface area contributed by atoms with Gasteiger partial charge < -0.3 is 0 Å². The van der Waals surface area contributed by atoms with Gasteiger partial charge in [-0.1, -0.05) is 11.8 Å². The van der Waals surface area contributed by atoms with Gasteiger partial charge in [-0.15, -0.1) is 11.6 Å². The van der Waals surface area contributed by atoms with E-state index in [0.29, 0.717) is 5.88 Å².